The van der Waals surface area contributed by atoms with E-state index in [1.807, 2.05) is 42.9 Å². The molecule has 4 nitrogen and oxygen atoms in total. The van der Waals surface area contributed by atoms with Crippen molar-refractivity contribution >= 4 is 11.8 Å². The van der Waals surface area contributed by atoms with Gasteiger partial charge in [0.25, 0.3) is 0 Å². The van der Waals surface area contributed by atoms with Gasteiger partial charge in [-0.25, -0.2) is 0 Å². The van der Waals surface area contributed by atoms with Gasteiger partial charge in [-0.15, -0.1) is 0 Å². The summed E-state index contributed by atoms with van der Waals surface area (Å²) >= 11 is 1.54. The quantitative estimate of drug-likeness (QED) is 0.916. The van der Waals surface area contributed by atoms with Crippen molar-refractivity contribution in [1.82, 2.24) is 9.78 Å². The lowest BCUT2D eigenvalue weighted by atomic mass is 10.1. The summed E-state index contributed by atoms with van der Waals surface area (Å²) in [5.41, 5.74) is 8.17. The van der Waals surface area contributed by atoms with E-state index in [1.54, 1.807) is 11.8 Å². The van der Waals surface area contributed by atoms with E-state index in [4.69, 9.17) is 11.0 Å². The number of hydrogen-bond acceptors (Lipinski definition) is 4. The summed E-state index contributed by atoms with van der Waals surface area (Å²) in [4.78, 5) is 0.928. The monoisotopic (exact) mass is 258 g/mol. The molecule has 0 radical (unpaired) electrons. The Labute approximate surface area is 110 Å². The molecule has 0 saturated carbocycles. The van der Waals surface area contributed by atoms with Gasteiger partial charge in [-0.3, -0.25) is 4.68 Å². The summed E-state index contributed by atoms with van der Waals surface area (Å²) in [6, 6.07) is 9.94. The fraction of sp³-hybridized carbons (Fsp3) is 0.231. The Bertz CT molecular complexity index is 610. The van der Waals surface area contributed by atoms with E-state index < -0.39 is 0 Å². The molecule has 1 heterocycles. The minimum absolute atomic E-state index is 0.449. The number of rotatable bonds is 3. The van der Waals surface area contributed by atoms with Gasteiger partial charge in [0, 0.05) is 18.5 Å². The first kappa shape index (κ1) is 12.7. The first-order chi connectivity index (χ1) is 8.63. The van der Waals surface area contributed by atoms with Crippen molar-refractivity contribution < 1.29 is 0 Å². The van der Waals surface area contributed by atoms with Crippen molar-refractivity contribution in [3.05, 3.63) is 41.1 Å². The van der Waals surface area contributed by atoms with Crippen molar-refractivity contribution in [3.63, 3.8) is 0 Å². The van der Waals surface area contributed by atoms with Crippen LogP contribution < -0.4 is 5.73 Å². The molecule has 0 aliphatic heterocycles. The zero-order valence-corrected chi connectivity index (χ0v) is 11.2. The summed E-state index contributed by atoms with van der Waals surface area (Å²) in [5, 5.41) is 14.5. The lowest BCUT2D eigenvalue weighted by Gasteiger charge is -2.05. The topological polar surface area (TPSA) is 67.6 Å². The van der Waals surface area contributed by atoms with E-state index in [9.17, 15) is 0 Å². The largest absolute Gasteiger partial charge is 0.326 e. The van der Waals surface area contributed by atoms with E-state index in [-0.39, 0.29) is 0 Å². The summed E-state index contributed by atoms with van der Waals surface area (Å²) in [5.74, 6) is 0. The molecule has 2 rings (SSSR count). The first-order valence-corrected chi connectivity index (χ1v) is 6.37. The smallest absolute Gasteiger partial charge is 0.100 e. The van der Waals surface area contributed by atoms with Gasteiger partial charge >= 0.3 is 0 Å². The molecule has 0 aliphatic rings. The standard InChI is InChI=1S/C13H14N4S/c1-9-5-13(17(2)16-9)18-12-4-3-10(7-14)6-11(12)8-15/h3-6H,7,14H2,1-2H3. The Morgan fingerprint density at radius 2 is 2.22 bits per heavy atom. The number of hydrogen-bond donors (Lipinski definition) is 1. The highest BCUT2D eigenvalue weighted by Crippen LogP contribution is 2.30. The van der Waals surface area contributed by atoms with E-state index in [0.29, 0.717) is 12.1 Å². The van der Waals surface area contributed by atoms with Gasteiger partial charge in [0.05, 0.1) is 16.3 Å². The van der Waals surface area contributed by atoms with Crippen LogP contribution in [0.5, 0.6) is 0 Å². The van der Waals surface area contributed by atoms with Crippen LogP contribution in [0.4, 0.5) is 0 Å². The molecule has 1 aromatic carbocycles. The van der Waals surface area contributed by atoms with Crippen molar-refractivity contribution in [2.45, 2.75) is 23.4 Å². The van der Waals surface area contributed by atoms with E-state index in [2.05, 4.69) is 11.2 Å². The summed E-state index contributed by atoms with van der Waals surface area (Å²) < 4.78 is 1.82. The van der Waals surface area contributed by atoms with Gasteiger partial charge in [0.2, 0.25) is 0 Å². The SMILES string of the molecule is Cc1cc(Sc2ccc(CN)cc2C#N)n(C)n1. The van der Waals surface area contributed by atoms with Crippen LogP contribution in [0.2, 0.25) is 0 Å². The zero-order valence-electron chi connectivity index (χ0n) is 10.3. The third-order valence-electron chi connectivity index (χ3n) is 2.57. The van der Waals surface area contributed by atoms with Crippen LogP contribution >= 0.6 is 11.8 Å². The predicted molar refractivity (Wildman–Crippen MR) is 71.1 cm³/mol. The van der Waals surface area contributed by atoms with Crippen LogP contribution in [0.15, 0.2) is 34.2 Å². The normalized spacial score (nSPS) is 10.3. The maximum absolute atomic E-state index is 9.16. The van der Waals surface area contributed by atoms with Gasteiger partial charge in [0.15, 0.2) is 0 Å². The Balaban J connectivity index is 2.35. The number of aromatic nitrogens is 2. The number of nitrogens with two attached hydrogens (primary N) is 1. The fourth-order valence-corrected chi connectivity index (χ4v) is 2.65. The average molecular weight is 258 g/mol. The Morgan fingerprint density at radius 1 is 1.44 bits per heavy atom. The first-order valence-electron chi connectivity index (χ1n) is 5.55. The lowest BCUT2D eigenvalue weighted by molar-refractivity contribution is 0.692. The molecule has 2 aromatic rings. The fourth-order valence-electron chi connectivity index (χ4n) is 1.68. The number of nitrogens with zero attached hydrogens (tertiary/aromatic N) is 3. The van der Waals surface area contributed by atoms with Crippen molar-refractivity contribution in [3.8, 4) is 6.07 Å². The third kappa shape index (κ3) is 2.55. The zero-order chi connectivity index (χ0) is 13.1. The number of nitriles is 1. The highest BCUT2D eigenvalue weighted by molar-refractivity contribution is 7.99. The molecule has 0 fully saturated rings. The molecule has 5 heteroatoms. The van der Waals surface area contributed by atoms with Gasteiger partial charge in [-0.2, -0.15) is 10.4 Å². The molecule has 0 saturated heterocycles. The third-order valence-corrected chi connectivity index (χ3v) is 3.74. The Kier molecular flexibility index (Phi) is 3.70. The molecule has 2 N–H and O–H groups in total. The van der Waals surface area contributed by atoms with Crippen molar-refractivity contribution in [1.29, 1.82) is 5.26 Å². The van der Waals surface area contributed by atoms with E-state index in [0.717, 1.165) is 21.2 Å². The lowest BCUT2D eigenvalue weighted by Crippen LogP contribution is -1.97. The van der Waals surface area contributed by atoms with Crippen molar-refractivity contribution in [2.75, 3.05) is 0 Å². The van der Waals surface area contributed by atoms with Crippen molar-refractivity contribution in [2.24, 2.45) is 12.8 Å². The predicted octanol–water partition coefficient (Wildman–Crippen LogP) is 2.21. The molecule has 0 spiro atoms. The highest BCUT2D eigenvalue weighted by atomic mass is 32.2. The summed E-state index contributed by atoms with van der Waals surface area (Å²) in [6.45, 7) is 2.40. The van der Waals surface area contributed by atoms with E-state index >= 15 is 0 Å². The maximum atomic E-state index is 9.16. The van der Waals surface area contributed by atoms with Gasteiger partial charge in [-0.05, 0) is 30.7 Å². The molecule has 0 unspecified atom stereocenters. The van der Waals surface area contributed by atoms with Crippen LogP contribution in [0.1, 0.15) is 16.8 Å². The van der Waals surface area contributed by atoms with Gasteiger partial charge in [0.1, 0.15) is 6.07 Å². The second-order valence-electron chi connectivity index (χ2n) is 4.00. The Hall–Kier alpha value is -1.77. The maximum Gasteiger partial charge on any atom is 0.100 e. The number of aryl methyl sites for hydroxylation is 2. The minimum Gasteiger partial charge on any atom is -0.326 e. The molecule has 0 atom stereocenters. The van der Waals surface area contributed by atoms with Crippen LogP contribution in [0.25, 0.3) is 0 Å². The van der Waals surface area contributed by atoms with Crippen LogP contribution in [-0.4, -0.2) is 9.78 Å². The molecule has 18 heavy (non-hydrogen) atoms. The second kappa shape index (κ2) is 5.25. The van der Waals surface area contributed by atoms with E-state index in [1.165, 1.54) is 0 Å². The number of benzene rings is 1. The minimum atomic E-state index is 0.449. The molecule has 0 bridgehead atoms. The molecule has 1 aromatic heterocycles. The average Bonchev–Trinajstić information content (AvgIpc) is 2.68. The molecular weight excluding hydrogens is 244 g/mol. The van der Waals surface area contributed by atoms with Crippen LogP contribution in [0.3, 0.4) is 0 Å². The van der Waals surface area contributed by atoms with Gasteiger partial charge < -0.3 is 5.73 Å². The second-order valence-corrected chi connectivity index (χ2v) is 5.06. The van der Waals surface area contributed by atoms with Gasteiger partial charge in [-0.1, -0.05) is 17.8 Å². The molecule has 0 amide bonds. The Morgan fingerprint density at radius 3 is 2.78 bits per heavy atom. The molecule has 92 valence electrons. The summed E-state index contributed by atoms with van der Waals surface area (Å²) in [6.07, 6.45) is 0. The van der Waals surface area contributed by atoms with Crippen LogP contribution in [0, 0.1) is 18.3 Å². The highest BCUT2D eigenvalue weighted by Gasteiger charge is 2.09. The molecule has 0 aliphatic carbocycles. The molecular formula is C13H14N4S. The summed E-state index contributed by atoms with van der Waals surface area (Å²) in [7, 11) is 1.90. The van der Waals surface area contributed by atoms with Crippen LogP contribution in [-0.2, 0) is 13.6 Å².